The van der Waals surface area contributed by atoms with Gasteiger partial charge in [0.2, 0.25) is 5.91 Å². The highest BCUT2D eigenvalue weighted by Gasteiger charge is 2.18. The van der Waals surface area contributed by atoms with E-state index in [2.05, 4.69) is 21.2 Å². The first-order valence-corrected chi connectivity index (χ1v) is 9.61. The summed E-state index contributed by atoms with van der Waals surface area (Å²) in [5.41, 5.74) is 1.90. The summed E-state index contributed by atoms with van der Waals surface area (Å²) in [6, 6.07) is 19.5. The Morgan fingerprint density at radius 2 is 1.68 bits per heavy atom. The highest BCUT2D eigenvalue weighted by molar-refractivity contribution is 5.78. The van der Waals surface area contributed by atoms with Gasteiger partial charge in [0.15, 0.2) is 0 Å². The Morgan fingerprint density at radius 3 is 2.36 bits per heavy atom. The van der Waals surface area contributed by atoms with E-state index in [4.69, 9.17) is 10.00 Å². The number of nitrogens with one attached hydrogen (secondary N) is 1. The van der Waals surface area contributed by atoms with E-state index < -0.39 is 0 Å². The van der Waals surface area contributed by atoms with E-state index in [0.717, 1.165) is 38.5 Å². The maximum Gasteiger partial charge on any atom is 0.234 e. The molecule has 1 N–H and O–H groups in total. The van der Waals surface area contributed by atoms with E-state index in [-0.39, 0.29) is 5.91 Å². The zero-order valence-corrected chi connectivity index (χ0v) is 16.0. The second-order valence-corrected chi connectivity index (χ2v) is 6.87. The van der Waals surface area contributed by atoms with Gasteiger partial charge < -0.3 is 10.1 Å². The number of amides is 1. The van der Waals surface area contributed by atoms with Crippen LogP contribution in [0.2, 0.25) is 0 Å². The molecule has 6 nitrogen and oxygen atoms in total. The molecule has 0 radical (unpaired) electrons. The smallest absolute Gasteiger partial charge is 0.234 e. The maximum atomic E-state index is 12.1. The van der Waals surface area contributed by atoms with Crippen LogP contribution < -0.4 is 10.1 Å². The molecule has 146 valence electrons. The molecule has 0 aromatic heterocycles. The van der Waals surface area contributed by atoms with Crippen LogP contribution in [0.5, 0.6) is 5.75 Å². The molecule has 0 spiro atoms. The van der Waals surface area contributed by atoms with Crippen molar-refractivity contribution < 1.29 is 9.53 Å². The van der Waals surface area contributed by atoms with Gasteiger partial charge in [-0.1, -0.05) is 30.3 Å². The number of benzene rings is 2. The van der Waals surface area contributed by atoms with Crippen molar-refractivity contribution in [1.82, 2.24) is 15.1 Å². The molecule has 2 aromatic rings. The molecule has 0 unspecified atom stereocenters. The minimum absolute atomic E-state index is 0.0391. The Bertz CT molecular complexity index is 778. The summed E-state index contributed by atoms with van der Waals surface area (Å²) in [5, 5.41) is 11.8. The lowest BCUT2D eigenvalue weighted by Crippen LogP contribution is -2.49. The second kappa shape index (κ2) is 10.5. The standard InChI is InChI=1S/C22H26N4O2/c23-16-19-6-8-20(9-7-19)17-25-11-13-26(14-12-25)18-22(27)24-10-15-28-21-4-2-1-3-5-21/h1-9H,10-15,17-18H2,(H,24,27). The fraction of sp³-hybridized carbons (Fsp3) is 0.364. The quantitative estimate of drug-likeness (QED) is 0.711. The lowest BCUT2D eigenvalue weighted by atomic mass is 10.1. The van der Waals surface area contributed by atoms with E-state index in [0.29, 0.717) is 25.3 Å². The van der Waals surface area contributed by atoms with Crippen molar-refractivity contribution in [2.24, 2.45) is 0 Å². The Balaban J connectivity index is 1.30. The molecule has 6 heteroatoms. The van der Waals surface area contributed by atoms with Gasteiger partial charge in [-0.15, -0.1) is 0 Å². The number of nitriles is 1. The summed E-state index contributed by atoms with van der Waals surface area (Å²) < 4.78 is 5.58. The third kappa shape index (κ3) is 6.38. The molecule has 1 aliphatic heterocycles. The molecular weight excluding hydrogens is 352 g/mol. The van der Waals surface area contributed by atoms with E-state index in [1.54, 1.807) is 0 Å². The molecule has 28 heavy (non-hydrogen) atoms. The van der Waals surface area contributed by atoms with E-state index in [9.17, 15) is 4.79 Å². The molecule has 1 saturated heterocycles. The monoisotopic (exact) mass is 378 g/mol. The third-order valence-corrected chi connectivity index (χ3v) is 4.76. The van der Waals surface area contributed by atoms with Crippen LogP contribution in [0.1, 0.15) is 11.1 Å². The molecule has 1 aliphatic rings. The second-order valence-electron chi connectivity index (χ2n) is 6.87. The van der Waals surface area contributed by atoms with Crippen LogP contribution in [-0.2, 0) is 11.3 Å². The van der Waals surface area contributed by atoms with E-state index in [1.165, 1.54) is 5.56 Å². The van der Waals surface area contributed by atoms with Crippen LogP contribution >= 0.6 is 0 Å². The average Bonchev–Trinajstić information content (AvgIpc) is 2.74. The number of piperazine rings is 1. The SMILES string of the molecule is N#Cc1ccc(CN2CCN(CC(=O)NCCOc3ccccc3)CC2)cc1. The third-order valence-electron chi connectivity index (χ3n) is 4.76. The first kappa shape index (κ1) is 19.9. The fourth-order valence-electron chi connectivity index (χ4n) is 3.18. The van der Waals surface area contributed by atoms with Crippen molar-refractivity contribution in [3.8, 4) is 11.8 Å². The van der Waals surface area contributed by atoms with Gasteiger partial charge in [0.05, 0.1) is 24.7 Å². The fourth-order valence-corrected chi connectivity index (χ4v) is 3.18. The largest absolute Gasteiger partial charge is 0.492 e. The van der Waals surface area contributed by atoms with Gasteiger partial charge in [-0.2, -0.15) is 5.26 Å². The van der Waals surface area contributed by atoms with E-state index >= 15 is 0 Å². The van der Waals surface area contributed by atoms with Crippen LogP contribution in [0.4, 0.5) is 0 Å². The highest BCUT2D eigenvalue weighted by atomic mass is 16.5. The number of carbonyl (C=O) groups is 1. The number of nitrogens with zero attached hydrogens (tertiary/aromatic N) is 3. The molecule has 0 saturated carbocycles. The lowest BCUT2D eigenvalue weighted by molar-refractivity contribution is -0.122. The van der Waals surface area contributed by atoms with Crippen LogP contribution in [0.3, 0.4) is 0 Å². The number of ether oxygens (including phenoxy) is 1. The topological polar surface area (TPSA) is 68.6 Å². The van der Waals surface area contributed by atoms with Crippen LogP contribution in [0.15, 0.2) is 54.6 Å². The molecule has 0 bridgehead atoms. The number of para-hydroxylation sites is 1. The highest BCUT2D eigenvalue weighted by Crippen LogP contribution is 2.10. The van der Waals surface area contributed by atoms with Gasteiger partial charge in [-0.3, -0.25) is 14.6 Å². The number of hydrogen-bond acceptors (Lipinski definition) is 5. The number of hydrogen-bond donors (Lipinski definition) is 1. The van der Waals surface area contributed by atoms with Crippen molar-refractivity contribution in [2.45, 2.75) is 6.54 Å². The molecule has 2 aromatic carbocycles. The molecule has 0 atom stereocenters. The van der Waals surface area contributed by atoms with Crippen molar-refractivity contribution in [3.05, 3.63) is 65.7 Å². The van der Waals surface area contributed by atoms with Gasteiger partial charge in [0.1, 0.15) is 12.4 Å². The maximum absolute atomic E-state index is 12.1. The van der Waals surface area contributed by atoms with Crippen molar-refractivity contribution in [3.63, 3.8) is 0 Å². The summed E-state index contributed by atoms with van der Waals surface area (Å²) in [6.07, 6.45) is 0. The van der Waals surface area contributed by atoms with Gasteiger partial charge in [0.25, 0.3) is 0 Å². The average molecular weight is 378 g/mol. The summed E-state index contributed by atoms with van der Waals surface area (Å²) in [4.78, 5) is 16.7. The predicted molar refractivity (Wildman–Crippen MR) is 108 cm³/mol. The molecule has 3 rings (SSSR count). The van der Waals surface area contributed by atoms with Crippen molar-refractivity contribution in [2.75, 3.05) is 45.9 Å². The molecule has 1 fully saturated rings. The minimum atomic E-state index is 0.0391. The first-order chi connectivity index (χ1) is 13.7. The van der Waals surface area contributed by atoms with E-state index in [1.807, 2.05) is 54.6 Å². The minimum Gasteiger partial charge on any atom is -0.492 e. The normalized spacial score (nSPS) is 15.0. The Labute approximate surface area is 166 Å². The Hall–Kier alpha value is -2.88. The number of rotatable bonds is 8. The van der Waals surface area contributed by atoms with Crippen LogP contribution in [-0.4, -0.2) is 61.6 Å². The van der Waals surface area contributed by atoms with Gasteiger partial charge in [-0.25, -0.2) is 0 Å². The molecule has 1 amide bonds. The zero-order valence-electron chi connectivity index (χ0n) is 16.0. The zero-order chi connectivity index (χ0) is 19.6. The molecule has 1 heterocycles. The number of carbonyl (C=O) groups excluding carboxylic acids is 1. The van der Waals surface area contributed by atoms with Gasteiger partial charge in [-0.05, 0) is 29.8 Å². The van der Waals surface area contributed by atoms with Gasteiger partial charge in [0, 0.05) is 32.7 Å². The Kier molecular flexibility index (Phi) is 7.42. The summed E-state index contributed by atoms with van der Waals surface area (Å²) in [7, 11) is 0. The first-order valence-electron chi connectivity index (χ1n) is 9.61. The summed E-state index contributed by atoms with van der Waals surface area (Å²) in [5.74, 6) is 0.854. The predicted octanol–water partition coefficient (Wildman–Crippen LogP) is 1.87. The summed E-state index contributed by atoms with van der Waals surface area (Å²) in [6.45, 7) is 5.91. The lowest BCUT2D eigenvalue weighted by Gasteiger charge is -2.34. The van der Waals surface area contributed by atoms with Crippen molar-refractivity contribution >= 4 is 5.91 Å². The van der Waals surface area contributed by atoms with Crippen LogP contribution in [0.25, 0.3) is 0 Å². The van der Waals surface area contributed by atoms with Crippen molar-refractivity contribution in [1.29, 1.82) is 5.26 Å². The van der Waals surface area contributed by atoms with Gasteiger partial charge >= 0.3 is 0 Å². The summed E-state index contributed by atoms with van der Waals surface area (Å²) >= 11 is 0. The van der Waals surface area contributed by atoms with Crippen LogP contribution in [0, 0.1) is 11.3 Å². The Morgan fingerprint density at radius 1 is 1.00 bits per heavy atom. The molecule has 0 aliphatic carbocycles. The molecular formula is C22H26N4O2.